The van der Waals surface area contributed by atoms with Crippen molar-refractivity contribution in [2.24, 2.45) is 0 Å². The smallest absolute Gasteiger partial charge is 0.299 e. The largest absolute Gasteiger partial charge is 0.545 e. The number of hydrogen-bond acceptors (Lipinski definition) is 12. The van der Waals surface area contributed by atoms with Crippen molar-refractivity contribution in [1.82, 2.24) is 9.89 Å². The SMILES string of the molecule is O=C(NCCOCCOCCNc1ccc([N+](=O)[O-])cc1[N+](=O)[O-])c1ccc(C(=O)[O-])c(-c2c3ccc(=[N+]4CCC4)cc-3oc3cc(N4CCC4)ccc23)c1. The lowest BCUT2D eigenvalue weighted by Gasteiger charge is -2.33. The highest BCUT2D eigenvalue weighted by Crippen LogP contribution is 2.42. The lowest BCUT2D eigenvalue weighted by atomic mass is 9.89. The Balaban J connectivity index is 0.991. The third kappa shape index (κ3) is 8.10. The highest BCUT2D eigenvalue weighted by atomic mass is 16.6. The molecule has 4 aliphatic rings. The first-order valence-electron chi connectivity index (χ1n) is 18.0. The fourth-order valence-corrected chi connectivity index (χ4v) is 6.62. The van der Waals surface area contributed by atoms with E-state index in [1.165, 1.54) is 24.3 Å². The Hall–Kier alpha value is -6.39. The molecular formula is C39H38N6O10. The highest BCUT2D eigenvalue weighted by molar-refractivity contribution is 6.09. The van der Waals surface area contributed by atoms with Gasteiger partial charge in [0.05, 0.1) is 60.8 Å². The van der Waals surface area contributed by atoms with Gasteiger partial charge in [0.2, 0.25) is 5.36 Å². The zero-order chi connectivity index (χ0) is 38.5. The number of nitro benzene ring substituents is 2. The Morgan fingerprint density at radius 2 is 1.60 bits per heavy atom. The standard InChI is InChI=1S/C39H38N6O10/c46-38(41-12-18-54-20-19-53-17-11-40-33-10-6-28(44(49)50)22-34(33)45(51)52)25-3-7-29(39(47)48)32(21-25)37-30-8-4-26(42-13-1-14-42)23-35(30)55-36-24-27(5-9-31(36)37)43-15-2-16-43/h3-10,21-24,40H,1-2,11-20H2,(H-,41,46,47,48). The zero-order valence-electron chi connectivity index (χ0n) is 29.8. The zero-order valence-corrected chi connectivity index (χ0v) is 29.8. The van der Waals surface area contributed by atoms with Gasteiger partial charge in [0.15, 0.2) is 0 Å². The number of nitrogens with one attached hydrogen (secondary N) is 2. The number of non-ortho nitro benzene ring substituents is 1. The van der Waals surface area contributed by atoms with Gasteiger partial charge in [0.1, 0.15) is 30.1 Å². The summed E-state index contributed by atoms with van der Waals surface area (Å²) in [5.74, 6) is -1.16. The molecule has 3 heterocycles. The van der Waals surface area contributed by atoms with Gasteiger partial charge in [-0.3, -0.25) is 25.0 Å². The monoisotopic (exact) mass is 750 g/mol. The summed E-state index contributed by atoms with van der Waals surface area (Å²) < 4.78 is 19.8. The molecule has 1 amide bonds. The second-order valence-corrected chi connectivity index (χ2v) is 13.2. The molecular weight excluding hydrogens is 712 g/mol. The molecule has 2 saturated heterocycles. The summed E-state index contributed by atoms with van der Waals surface area (Å²) in [6.45, 7) is 5.03. The van der Waals surface area contributed by atoms with E-state index in [1.807, 2.05) is 36.4 Å². The Morgan fingerprint density at radius 3 is 2.27 bits per heavy atom. The minimum atomic E-state index is -1.36. The number of nitrogens with zero attached hydrogens (tertiary/aromatic N) is 4. The van der Waals surface area contributed by atoms with Gasteiger partial charge in [-0.1, -0.05) is 6.07 Å². The van der Waals surface area contributed by atoms with Gasteiger partial charge >= 0.3 is 0 Å². The third-order valence-electron chi connectivity index (χ3n) is 9.76. The number of anilines is 2. The van der Waals surface area contributed by atoms with Crippen molar-refractivity contribution in [2.75, 3.05) is 75.9 Å². The number of nitro groups is 2. The van der Waals surface area contributed by atoms with Crippen LogP contribution in [-0.2, 0) is 9.47 Å². The summed E-state index contributed by atoms with van der Waals surface area (Å²) in [5.41, 5.74) is 2.91. The molecule has 1 aliphatic carbocycles. The van der Waals surface area contributed by atoms with Crippen LogP contribution in [0.4, 0.5) is 22.7 Å². The number of carboxylic acid groups (broad SMARTS) is 1. The topological polar surface area (TPSA) is 205 Å². The van der Waals surface area contributed by atoms with Gasteiger partial charge < -0.3 is 39.3 Å². The Labute approximate surface area is 314 Å². The normalized spacial score (nSPS) is 13.7. The number of fused-ring (bicyclic) bond motifs is 2. The number of carbonyl (C=O) groups is 2. The average molecular weight is 751 g/mol. The Kier molecular flexibility index (Phi) is 11.0. The first-order valence-corrected chi connectivity index (χ1v) is 18.0. The van der Waals surface area contributed by atoms with E-state index in [-0.39, 0.29) is 62.0 Å². The van der Waals surface area contributed by atoms with Crippen molar-refractivity contribution in [3.63, 3.8) is 0 Å². The summed E-state index contributed by atoms with van der Waals surface area (Å²) in [5, 5.41) is 42.1. The van der Waals surface area contributed by atoms with E-state index in [9.17, 15) is 34.9 Å². The summed E-state index contributed by atoms with van der Waals surface area (Å²) in [4.78, 5) is 48.9. The summed E-state index contributed by atoms with van der Waals surface area (Å²) in [6, 6.07) is 19.7. The minimum Gasteiger partial charge on any atom is -0.545 e. The maximum Gasteiger partial charge on any atom is 0.299 e. The van der Waals surface area contributed by atoms with Crippen LogP contribution in [0.15, 0.2) is 77.2 Å². The molecule has 3 aromatic carbocycles. The highest BCUT2D eigenvalue weighted by Gasteiger charge is 2.25. The number of carboxylic acids is 1. The number of amides is 1. The molecule has 0 atom stereocenters. The van der Waals surface area contributed by atoms with Gasteiger partial charge in [0, 0.05) is 77.7 Å². The second kappa shape index (κ2) is 16.3. The molecule has 0 saturated carbocycles. The van der Waals surface area contributed by atoms with Crippen LogP contribution in [0.1, 0.15) is 33.6 Å². The van der Waals surface area contributed by atoms with Crippen LogP contribution >= 0.6 is 0 Å². The van der Waals surface area contributed by atoms with E-state index < -0.39 is 27.4 Å². The predicted molar refractivity (Wildman–Crippen MR) is 201 cm³/mol. The second-order valence-electron chi connectivity index (χ2n) is 13.2. The number of ether oxygens (including phenoxy) is 2. The van der Waals surface area contributed by atoms with Crippen LogP contribution in [0, 0.1) is 20.2 Å². The first kappa shape index (κ1) is 36.9. The van der Waals surface area contributed by atoms with Crippen LogP contribution in [0.2, 0.25) is 0 Å². The molecule has 3 aliphatic heterocycles. The average Bonchev–Trinajstić information content (AvgIpc) is 3.12. The van der Waals surface area contributed by atoms with Crippen LogP contribution in [-0.4, -0.2) is 87.4 Å². The van der Waals surface area contributed by atoms with E-state index in [0.717, 1.165) is 56.1 Å². The van der Waals surface area contributed by atoms with Crippen molar-refractivity contribution in [1.29, 1.82) is 0 Å². The molecule has 55 heavy (non-hydrogen) atoms. The molecule has 16 nitrogen and oxygen atoms in total. The molecule has 2 fully saturated rings. The van der Waals surface area contributed by atoms with Crippen LogP contribution < -0.4 is 30.6 Å². The third-order valence-corrected chi connectivity index (χ3v) is 9.76. The Bertz CT molecular complexity index is 2330. The van der Waals surface area contributed by atoms with Crippen molar-refractivity contribution in [2.45, 2.75) is 12.8 Å². The van der Waals surface area contributed by atoms with Gasteiger partial charge in [-0.25, -0.2) is 4.58 Å². The number of carbonyl (C=O) groups excluding carboxylic acids is 2. The maximum atomic E-state index is 13.3. The van der Waals surface area contributed by atoms with Gasteiger partial charge in [-0.2, -0.15) is 0 Å². The minimum absolute atomic E-state index is 0.0477. The molecule has 7 rings (SSSR count). The van der Waals surface area contributed by atoms with E-state index in [0.29, 0.717) is 33.4 Å². The van der Waals surface area contributed by atoms with E-state index in [4.69, 9.17) is 13.9 Å². The van der Waals surface area contributed by atoms with Crippen LogP contribution in [0.25, 0.3) is 33.4 Å². The molecule has 284 valence electrons. The van der Waals surface area contributed by atoms with E-state index >= 15 is 0 Å². The molecule has 0 aromatic heterocycles. The number of rotatable bonds is 16. The number of benzene rings is 4. The van der Waals surface area contributed by atoms with Crippen molar-refractivity contribution in [3.8, 4) is 22.5 Å². The van der Waals surface area contributed by atoms with Crippen LogP contribution in [0.5, 0.6) is 0 Å². The van der Waals surface area contributed by atoms with Crippen LogP contribution in [0.3, 0.4) is 0 Å². The molecule has 2 N–H and O–H groups in total. The van der Waals surface area contributed by atoms with Crippen molar-refractivity contribution < 1.29 is 38.4 Å². The molecule has 16 heteroatoms. The lowest BCUT2D eigenvalue weighted by molar-refractivity contribution is -0.393. The van der Waals surface area contributed by atoms with E-state index in [2.05, 4.69) is 20.1 Å². The fourth-order valence-electron chi connectivity index (χ4n) is 6.62. The number of hydrogen-bond donors (Lipinski definition) is 2. The molecule has 0 spiro atoms. The molecule has 0 radical (unpaired) electrons. The summed E-state index contributed by atoms with van der Waals surface area (Å²) in [6.07, 6.45) is 2.23. The van der Waals surface area contributed by atoms with Gasteiger partial charge in [-0.15, -0.1) is 0 Å². The van der Waals surface area contributed by atoms with Crippen molar-refractivity contribution in [3.05, 3.63) is 110 Å². The lowest BCUT2D eigenvalue weighted by Crippen LogP contribution is -2.40. The summed E-state index contributed by atoms with van der Waals surface area (Å²) in [7, 11) is 0. The van der Waals surface area contributed by atoms with Gasteiger partial charge in [0.25, 0.3) is 17.3 Å². The molecule has 0 unspecified atom stereocenters. The predicted octanol–water partition coefficient (Wildman–Crippen LogP) is 3.65. The maximum absolute atomic E-state index is 13.3. The quantitative estimate of drug-likeness (QED) is 0.0488. The summed E-state index contributed by atoms with van der Waals surface area (Å²) >= 11 is 0. The van der Waals surface area contributed by atoms with Gasteiger partial charge in [-0.05, 0) is 48.4 Å². The van der Waals surface area contributed by atoms with E-state index in [1.54, 1.807) is 6.07 Å². The molecule has 3 aromatic rings. The first-order chi connectivity index (χ1) is 26.7. The molecule has 0 bridgehead atoms. The number of aromatic carboxylic acids is 1. The fraction of sp³-hybridized carbons (Fsp3) is 0.308. The Morgan fingerprint density at radius 1 is 0.818 bits per heavy atom. The van der Waals surface area contributed by atoms with Crippen molar-refractivity contribution >= 4 is 45.6 Å².